The standard InChI is InChI=1S/C12H14ClNO/c1-3-8-14-9(2)12(15)10-4-6-11(13)7-5-10/h3-7,9,14H,1,8H2,2H3. The van der Waals surface area contributed by atoms with Gasteiger partial charge in [0, 0.05) is 17.1 Å². The van der Waals surface area contributed by atoms with Gasteiger partial charge in [0.2, 0.25) is 0 Å². The minimum Gasteiger partial charge on any atom is -0.304 e. The molecule has 2 nitrogen and oxygen atoms in total. The lowest BCUT2D eigenvalue weighted by atomic mass is 10.1. The molecule has 3 heteroatoms. The fraction of sp³-hybridized carbons (Fsp3) is 0.250. The molecule has 0 radical (unpaired) electrons. The Morgan fingerprint density at radius 2 is 2.13 bits per heavy atom. The van der Waals surface area contributed by atoms with E-state index in [-0.39, 0.29) is 11.8 Å². The summed E-state index contributed by atoms with van der Waals surface area (Å²) in [5, 5.41) is 3.68. The highest BCUT2D eigenvalue weighted by Gasteiger charge is 2.13. The van der Waals surface area contributed by atoms with Crippen LogP contribution in [-0.2, 0) is 0 Å². The lowest BCUT2D eigenvalue weighted by molar-refractivity contribution is 0.0953. The number of hydrogen-bond acceptors (Lipinski definition) is 2. The van der Waals surface area contributed by atoms with Crippen molar-refractivity contribution in [2.24, 2.45) is 0 Å². The number of hydrogen-bond donors (Lipinski definition) is 1. The van der Waals surface area contributed by atoms with E-state index in [1.54, 1.807) is 30.3 Å². The highest BCUT2D eigenvalue weighted by Crippen LogP contribution is 2.11. The maximum Gasteiger partial charge on any atom is 0.179 e. The second-order valence-corrected chi connectivity index (χ2v) is 3.73. The Balaban J connectivity index is 2.67. The van der Waals surface area contributed by atoms with Gasteiger partial charge in [-0.3, -0.25) is 4.79 Å². The van der Waals surface area contributed by atoms with Crippen LogP contribution in [-0.4, -0.2) is 18.4 Å². The highest BCUT2D eigenvalue weighted by molar-refractivity contribution is 6.30. The van der Waals surface area contributed by atoms with Crippen LogP contribution in [0.1, 0.15) is 17.3 Å². The third-order valence-corrected chi connectivity index (χ3v) is 2.34. The van der Waals surface area contributed by atoms with Crippen LogP contribution < -0.4 is 5.32 Å². The van der Waals surface area contributed by atoms with Crippen molar-refractivity contribution in [1.29, 1.82) is 0 Å². The van der Waals surface area contributed by atoms with Crippen molar-refractivity contribution in [3.8, 4) is 0 Å². The zero-order chi connectivity index (χ0) is 11.3. The van der Waals surface area contributed by atoms with Gasteiger partial charge in [0.1, 0.15) is 0 Å². The fourth-order valence-electron chi connectivity index (χ4n) is 1.22. The first-order chi connectivity index (χ1) is 7.15. The molecule has 80 valence electrons. The normalized spacial score (nSPS) is 12.1. The fourth-order valence-corrected chi connectivity index (χ4v) is 1.34. The SMILES string of the molecule is C=CCNC(C)C(=O)c1ccc(Cl)cc1. The van der Waals surface area contributed by atoms with Crippen LogP contribution in [0.3, 0.4) is 0 Å². The molecule has 0 saturated heterocycles. The van der Waals surface area contributed by atoms with E-state index in [9.17, 15) is 4.79 Å². The summed E-state index contributed by atoms with van der Waals surface area (Å²) in [5.74, 6) is 0.0634. The predicted molar refractivity (Wildman–Crippen MR) is 63.4 cm³/mol. The lowest BCUT2D eigenvalue weighted by Gasteiger charge is -2.10. The van der Waals surface area contributed by atoms with Gasteiger partial charge in [-0.15, -0.1) is 6.58 Å². The molecule has 1 atom stereocenters. The first-order valence-corrected chi connectivity index (χ1v) is 5.17. The third kappa shape index (κ3) is 3.50. The number of ketones is 1. The summed E-state index contributed by atoms with van der Waals surface area (Å²) in [6.45, 7) is 6.04. The Morgan fingerprint density at radius 1 is 1.53 bits per heavy atom. The average Bonchev–Trinajstić information content (AvgIpc) is 2.26. The van der Waals surface area contributed by atoms with Crippen molar-refractivity contribution in [3.05, 3.63) is 47.5 Å². The molecule has 0 aliphatic rings. The molecule has 0 aromatic heterocycles. The number of halogens is 1. The van der Waals surface area contributed by atoms with E-state index in [1.165, 1.54) is 0 Å². The van der Waals surface area contributed by atoms with E-state index in [0.29, 0.717) is 17.1 Å². The first-order valence-electron chi connectivity index (χ1n) is 4.79. The summed E-state index contributed by atoms with van der Waals surface area (Å²) in [6.07, 6.45) is 1.73. The van der Waals surface area contributed by atoms with Crippen molar-refractivity contribution < 1.29 is 4.79 Å². The number of Topliss-reactive ketones (excluding diaryl/α,β-unsaturated/α-hetero) is 1. The smallest absolute Gasteiger partial charge is 0.179 e. The molecule has 0 fully saturated rings. The van der Waals surface area contributed by atoms with Gasteiger partial charge in [0.05, 0.1) is 6.04 Å². The Morgan fingerprint density at radius 3 is 2.67 bits per heavy atom. The first kappa shape index (κ1) is 12.0. The number of carbonyl (C=O) groups excluding carboxylic acids is 1. The number of benzene rings is 1. The van der Waals surface area contributed by atoms with Crippen LogP contribution in [0.15, 0.2) is 36.9 Å². The molecule has 0 aliphatic carbocycles. The minimum absolute atomic E-state index is 0.0634. The summed E-state index contributed by atoms with van der Waals surface area (Å²) in [5.41, 5.74) is 0.670. The van der Waals surface area contributed by atoms with Gasteiger partial charge < -0.3 is 5.32 Å². The zero-order valence-corrected chi connectivity index (χ0v) is 9.42. The topological polar surface area (TPSA) is 29.1 Å². The molecule has 0 saturated carbocycles. The number of carbonyl (C=O) groups is 1. The van der Waals surface area contributed by atoms with Crippen LogP contribution in [0.25, 0.3) is 0 Å². The molecule has 0 aliphatic heterocycles. The summed E-state index contributed by atoms with van der Waals surface area (Å²) >= 11 is 5.74. The maximum absolute atomic E-state index is 11.8. The van der Waals surface area contributed by atoms with E-state index in [1.807, 2.05) is 6.92 Å². The Bertz CT molecular complexity index is 345. The second-order valence-electron chi connectivity index (χ2n) is 3.29. The van der Waals surface area contributed by atoms with E-state index >= 15 is 0 Å². The number of nitrogens with one attached hydrogen (secondary N) is 1. The Labute approximate surface area is 94.9 Å². The van der Waals surface area contributed by atoms with E-state index < -0.39 is 0 Å². The van der Waals surface area contributed by atoms with Crippen molar-refractivity contribution >= 4 is 17.4 Å². The largest absolute Gasteiger partial charge is 0.304 e. The molecule has 0 amide bonds. The second kappa shape index (κ2) is 5.69. The Kier molecular flexibility index (Phi) is 4.53. The van der Waals surface area contributed by atoms with Gasteiger partial charge in [0.25, 0.3) is 0 Å². The molecule has 15 heavy (non-hydrogen) atoms. The highest BCUT2D eigenvalue weighted by atomic mass is 35.5. The molecular formula is C12H14ClNO. The molecule has 1 N–H and O–H groups in total. The van der Waals surface area contributed by atoms with Gasteiger partial charge in [-0.1, -0.05) is 17.7 Å². The van der Waals surface area contributed by atoms with E-state index in [2.05, 4.69) is 11.9 Å². The third-order valence-electron chi connectivity index (χ3n) is 2.09. The number of rotatable bonds is 5. The average molecular weight is 224 g/mol. The molecule has 1 unspecified atom stereocenters. The van der Waals surface area contributed by atoms with Gasteiger partial charge in [-0.2, -0.15) is 0 Å². The molecular weight excluding hydrogens is 210 g/mol. The van der Waals surface area contributed by atoms with Gasteiger partial charge in [-0.25, -0.2) is 0 Å². The van der Waals surface area contributed by atoms with E-state index in [0.717, 1.165) is 0 Å². The van der Waals surface area contributed by atoms with Crippen molar-refractivity contribution in [3.63, 3.8) is 0 Å². The molecule has 1 aromatic rings. The van der Waals surface area contributed by atoms with E-state index in [4.69, 9.17) is 11.6 Å². The summed E-state index contributed by atoms with van der Waals surface area (Å²) in [4.78, 5) is 11.8. The summed E-state index contributed by atoms with van der Waals surface area (Å²) in [7, 11) is 0. The van der Waals surface area contributed by atoms with Crippen molar-refractivity contribution in [2.75, 3.05) is 6.54 Å². The maximum atomic E-state index is 11.8. The lowest BCUT2D eigenvalue weighted by Crippen LogP contribution is -2.33. The van der Waals surface area contributed by atoms with Crippen molar-refractivity contribution in [2.45, 2.75) is 13.0 Å². The van der Waals surface area contributed by atoms with Crippen molar-refractivity contribution in [1.82, 2.24) is 5.32 Å². The minimum atomic E-state index is -0.204. The van der Waals surface area contributed by atoms with Gasteiger partial charge in [0.15, 0.2) is 5.78 Å². The summed E-state index contributed by atoms with van der Waals surface area (Å²) < 4.78 is 0. The van der Waals surface area contributed by atoms with Crippen LogP contribution in [0.5, 0.6) is 0 Å². The van der Waals surface area contributed by atoms with Crippen LogP contribution >= 0.6 is 11.6 Å². The van der Waals surface area contributed by atoms with Crippen LogP contribution in [0.4, 0.5) is 0 Å². The Hall–Kier alpha value is -1.12. The molecule has 0 heterocycles. The molecule has 0 spiro atoms. The molecule has 1 aromatic carbocycles. The zero-order valence-electron chi connectivity index (χ0n) is 8.66. The van der Waals surface area contributed by atoms with Crippen LogP contribution in [0.2, 0.25) is 5.02 Å². The van der Waals surface area contributed by atoms with Gasteiger partial charge in [-0.05, 0) is 31.2 Å². The summed E-state index contributed by atoms with van der Waals surface area (Å²) in [6, 6.07) is 6.70. The predicted octanol–water partition coefficient (Wildman–Crippen LogP) is 2.69. The quantitative estimate of drug-likeness (QED) is 0.614. The monoisotopic (exact) mass is 223 g/mol. The van der Waals surface area contributed by atoms with Gasteiger partial charge >= 0.3 is 0 Å². The molecule has 0 bridgehead atoms. The van der Waals surface area contributed by atoms with Crippen LogP contribution in [0, 0.1) is 0 Å². The molecule has 1 rings (SSSR count).